The SMILES string of the molecule is CC(=O)CC[C@H](CC(=O)COCC(=O)CCCOCCOCCNC(=O)CCCCCCCCCCCCCCCCCCC(=O)O)C(=O)O. The number of carboxylic acids is 2. The van der Waals surface area contributed by atoms with Gasteiger partial charge in [0.05, 0.1) is 25.7 Å². The highest BCUT2D eigenvalue weighted by molar-refractivity contribution is 5.85. The third kappa shape index (κ3) is 35.1. The van der Waals surface area contributed by atoms with E-state index < -0.39 is 23.6 Å². The topological polar surface area (TPSA) is 183 Å². The molecule has 0 aliphatic rings. The molecule has 0 aromatic carbocycles. The predicted molar refractivity (Wildman–Crippen MR) is 191 cm³/mol. The summed E-state index contributed by atoms with van der Waals surface area (Å²) in [6.07, 6.45) is 20.5. The van der Waals surface area contributed by atoms with Crippen molar-refractivity contribution in [2.75, 3.05) is 46.2 Å². The van der Waals surface area contributed by atoms with Crippen molar-refractivity contribution in [1.29, 1.82) is 0 Å². The molecule has 1 amide bonds. The number of hydrogen-bond donors (Lipinski definition) is 3. The third-order valence-electron chi connectivity index (χ3n) is 8.42. The number of amides is 1. The largest absolute Gasteiger partial charge is 0.481 e. The van der Waals surface area contributed by atoms with Gasteiger partial charge in [-0.3, -0.25) is 24.0 Å². The predicted octanol–water partition coefficient (Wildman–Crippen LogP) is 6.64. The third-order valence-corrected chi connectivity index (χ3v) is 8.42. The van der Waals surface area contributed by atoms with E-state index in [0.717, 1.165) is 32.1 Å². The number of hydrogen-bond acceptors (Lipinski definition) is 9. The molecule has 1 atom stereocenters. The molecule has 0 saturated heterocycles. The first kappa shape index (κ1) is 47.3. The van der Waals surface area contributed by atoms with Crippen LogP contribution in [0.4, 0.5) is 0 Å². The highest BCUT2D eigenvalue weighted by Gasteiger charge is 2.21. The van der Waals surface area contributed by atoms with Crippen LogP contribution >= 0.6 is 0 Å². The van der Waals surface area contributed by atoms with Gasteiger partial charge in [0, 0.05) is 45.3 Å². The summed E-state index contributed by atoms with van der Waals surface area (Å²) in [6, 6.07) is 0. The minimum Gasteiger partial charge on any atom is -0.481 e. The highest BCUT2D eigenvalue weighted by atomic mass is 16.5. The number of carbonyl (C=O) groups is 6. The van der Waals surface area contributed by atoms with Crippen LogP contribution in [0.5, 0.6) is 0 Å². The second-order valence-corrected chi connectivity index (χ2v) is 13.3. The second-order valence-electron chi connectivity index (χ2n) is 13.3. The first-order valence-corrected chi connectivity index (χ1v) is 19.1. The molecule has 0 radical (unpaired) electrons. The van der Waals surface area contributed by atoms with Crippen LogP contribution in [0.15, 0.2) is 0 Å². The van der Waals surface area contributed by atoms with Crippen LogP contribution in [0.25, 0.3) is 0 Å². The van der Waals surface area contributed by atoms with Gasteiger partial charge in [-0.15, -0.1) is 0 Å². The molecule has 12 heteroatoms. The van der Waals surface area contributed by atoms with Crippen LogP contribution in [0.1, 0.15) is 155 Å². The van der Waals surface area contributed by atoms with Crippen molar-refractivity contribution < 1.29 is 53.2 Å². The summed E-state index contributed by atoms with van der Waals surface area (Å²) < 4.78 is 16.1. The van der Waals surface area contributed by atoms with E-state index in [4.69, 9.17) is 19.3 Å². The van der Waals surface area contributed by atoms with Crippen LogP contribution in [0, 0.1) is 5.92 Å². The van der Waals surface area contributed by atoms with Crippen molar-refractivity contribution in [3.8, 4) is 0 Å². The Balaban J connectivity index is 3.42. The molecule has 0 aromatic heterocycles. The fourth-order valence-electron chi connectivity index (χ4n) is 5.46. The number of Topliss-reactive ketones (excluding diaryl/α,β-unsaturated/α-hetero) is 3. The quantitative estimate of drug-likeness (QED) is 0.0581. The molecule has 50 heavy (non-hydrogen) atoms. The van der Waals surface area contributed by atoms with E-state index in [2.05, 4.69) is 5.32 Å². The summed E-state index contributed by atoms with van der Waals surface area (Å²) in [5.41, 5.74) is 0. The Morgan fingerprint density at radius 2 is 1.00 bits per heavy atom. The maximum atomic E-state index is 12.0. The van der Waals surface area contributed by atoms with Gasteiger partial charge in [-0.25, -0.2) is 0 Å². The number of carboxylic acid groups (broad SMARTS) is 2. The van der Waals surface area contributed by atoms with Gasteiger partial charge in [-0.1, -0.05) is 89.9 Å². The van der Waals surface area contributed by atoms with E-state index in [1.807, 2.05) is 0 Å². The summed E-state index contributed by atoms with van der Waals surface area (Å²) in [6.45, 7) is 2.81. The van der Waals surface area contributed by atoms with E-state index in [0.29, 0.717) is 52.2 Å². The molecule has 0 aliphatic carbocycles. The van der Waals surface area contributed by atoms with Gasteiger partial charge in [-0.2, -0.15) is 0 Å². The van der Waals surface area contributed by atoms with Crippen LogP contribution in [-0.2, 0) is 43.0 Å². The van der Waals surface area contributed by atoms with Crippen molar-refractivity contribution in [1.82, 2.24) is 5.32 Å². The molecule has 3 N–H and O–H groups in total. The molecule has 0 heterocycles. The zero-order chi connectivity index (χ0) is 37.1. The summed E-state index contributed by atoms with van der Waals surface area (Å²) in [7, 11) is 0. The number of rotatable bonds is 39. The Labute approximate surface area is 300 Å². The average Bonchev–Trinajstić information content (AvgIpc) is 3.06. The van der Waals surface area contributed by atoms with Gasteiger partial charge in [0.2, 0.25) is 5.91 Å². The van der Waals surface area contributed by atoms with Gasteiger partial charge in [-0.05, 0) is 32.6 Å². The second kappa shape index (κ2) is 34.7. The molecular weight excluding hydrogens is 646 g/mol. The molecule has 0 rings (SSSR count). The minimum absolute atomic E-state index is 0.0511. The Morgan fingerprint density at radius 3 is 1.50 bits per heavy atom. The molecule has 0 aromatic rings. The van der Waals surface area contributed by atoms with Crippen LogP contribution in [0.3, 0.4) is 0 Å². The zero-order valence-electron chi connectivity index (χ0n) is 30.9. The molecule has 290 valence electrons. The summed E-state index contributed by atoms with van der Waals surface area (Å²) >= 11 is 0. The Hall–Kier alpha value is -2.70. The molecular formula is C38H67NO11. The average molecular weight is 714 g/mol. The van der Waals surface area contributed by atoms with Crippen LogP contribution in [-0.4, -0.2) is 91.6 Å². The van der Waals surface area contributed by atoms with E-state index in [9.17, 15) is 33.9 Å². The maximum Gasteiger partial charge on any atom is 0.306 e. The van der Waals surface area contributed by atoms with Crippen LogP contribution in [0.2, 0.25) is 0 Å². The van der Waals surface area contributed by atoms with Crippen molar-refractivity contribution in [3.63, 3.8) is 0 Å². The Morgan fingerprint density at radius 1 is 0.520 bits per heavy atom. The van der Waals surface area contributed by atoms with Gasteiger partial charge in [0.15, 0.2) is 11.6 Å². The summed E-state index contributed by atoms with van der Waals surface area (Å²) in [5, 5.41) is 20.7. The number of ether oxygens (including phenoxy) is 3. The number of aliphatic carboxylic acids is 2. The number of unbranched alkanes of at least 4 members (excludes halogenated alkanes) is 15. The van der Waals surface area contributed by atoms with Gasteiger partial charge in [0.25, 0.3) is 0 Å². The lowest BCUT2D eigenvalue weighted by atomic mass is 9.96. The van der Waals surface area contributed by atoms with Gasteiger partial charge in [0.1, 0.15) is 19.0 Å². The number of nitrogens with one attached hydrogen (secondary N) is 1. The Bertz CT molecular complexity index is 924. The van der Waals surface area contributed by atoms with Crippen molar-refractivity contribution in [2.45, 2.75) is 155 Å². The first-order chi connectivity index (χ1) is 24.1. The fourth-order valence-corrected chi connectivity index (χ4v) is 5.46. The molecule has 0 spiro atoms. The molecule has 0 unspecified atom stereocenters. The summed E-state index contributed by atoms with van der Waals surface area (Å²) in [4.78, 5) is 68.7. The lowest BCUT2D eigenvalue weighted by molar-refractivity contribution is -0.145. The number of ketones is 3. The van der Waals surface area contributed by atoms with E-state index in [-0.39, 0.29) is 56.4 Å². The molecule has 0 bridgehead atoms. The molecule has 12 nitrogen and oxygen atoms in total. The standard InChI is InChI=1S/C38H67NO11/c1-32(40)22-23-33(38(46)47)29-35(42)31-50-30-34(41)19-18-25-48-27-28-49-26-24-39-36(43)20-16-14-12-10-8-6-4-2-3-5-7-9-11-13-15-17-21-37(44)45/h33H,2-31H2,1H3,(H,39,43)(H,44,45)(H,46,47)/t33-/m1/s1. The zero-order valence-corrected chi connectivity index (χ0v) is 30.9. The molecule has 0 saturated carbocycles. The van der Waals surface area contributed by atoms with Gasteiger partial charge < -0.3 is 34.5 Å². The lowest BCUT2D eigenvalue weighted by Crippen LogP contribution is -2.27. The van der Waals surface area contributed by atoms with E-state index >= 15 is 0 Å². The van der Waals surface area contributed by atoms with Crippen molar-refractivity contribution in [3.05, 3.63) is 0 Å². The summed E-state index contributed by atoms with van der Waals surface area (Å²) in [5.74, 6) is -3.42. The van der Waals surface area contributed by atoms with Crippen molar-refractivity contribution >= 4 is 35.2 Å². The lowest BCUT2D eigenvalue weighted by Gasteiger charge is -2.10. The fraction of sp³-hybridized carbons (Fsp3) is 0.842. The van der Waals surface area contributed by atoms with E-state index in [1.54, 1.807) is 0 Å². The monoisotopic (exact) mass is 713 g/mol. The smallest absolute Gasteiger partial charge is 0.306 e. The Kier molecular flexibility index (Phi) is 32.9. The molecule has 0 fully saturated rings. The number of carbonyl (C=O) groups excluding carboxylic acids is 4. The molecule has 0 aliphatic heterocycles. The van der Waals surface area contributed by atoms with Crippen LogP contribution < -0.4 is 5.32 Å². The maximum absolute atomic E-state index is 12.0. The minimum atomic E-state index is -1.13. The first-order valence-electron chi connectivity index (χ1n) is 19.1. The van der Waals surface area contributed by atoms with Gasteiger partial charge >= 0.3 is 11.9 Å². The normalized spacial score (nSPS) is 11.7. The van der Waals surface area contributed by atoms with E-state index in [1.165, 1.54) is 77.6 Å². The highest BCUT2D eigenvalue weighted by Crippen LogP contribution is 2.15. The van der Waals surface area contributed by atoms with Crippen molar-refractivity contribution in [2.24, 2.45) is 5.92 Å².